The Morgan fingerprint density at radius 1 is 1.47 bits per heavy atom. The fourth-order valence-corrected chi connectivity index (χ4v) is 2.94. The average Bonchev–Trinajstić information content (AvgIpc) is 2.32. The molecule has 19 heavy (non-hydrogen) atoms. The van der Waals surface area contributed by atoms with Crippen molar-refractivity contribution in [3.63, 3.8) is 0 Å². The second-order valence-corrected chi connectivity index (χ2v) is 6.19. The summed E-state index contributed by atoms with van der Waals surface area (Å²) in [7, 11) is 0. The molecule has 1 aliphatic rings. The van der Waals surface area contributed by atoms with Crippen LogP contribution in [0, 0.1) is 11.7 Å². The number of halogens is 2. The van der Waals surface area contributed by atoms with Crippen molar-refractivity contribution >= 4 is 11.6 Å². The largest absolute Gasteiger partial charge is 0.311 e. The molecule has 0 saturated carbocycles. The van der Waals surface area contributed by atoms with E-state index in [9.17, 15) is 4.39 Å². The van der Waals surface area contributed by atoms with E-state index in [-0.39, 0.29) is 5.82 Å². The van der Waals surface area contributed by atoms with Crippen LogP contribution in [0.1, 0.15) is 26.3 Å². The molecular weight excluding hydrogens is 263 g/mol. The average molecular weight is 285 g/mol. The Bertz CT molecular complexity index is 436. The van der Waals surface area contributed by atoms with Gasteiger partial charge in [0.2, 0.25) is 0 Å². The highest BCUT2D eigenvalue weighted by atomic mass is 35.5. The lowest BCUT2D eigenvalue weighted by Crippen LogP contribution is -2.56. The van der Waals surface area contributed by atoms with Crippen LogP contribution in [0.5, 0.6) is 0 Å². The molecule has 2 atom stereocenters. The number of hydrogen-bond acceptors (Lipinski definition) is 2. The van der Waals surface area contributed by atoms with Gasteiger partial charge in [-0.15, -0.1) is 0 Å². The van der Waals surface area contributed by atoms with Crippen LogP contribution >= 0.6 is 11.6 Å². The Balaban J connectivity index is 2.14. The van der Waals surface area contributed by atoms with E-state index in [4.69, 9.17) is 11.6 Å². The van der Waals surface area contributed by atoms with Crippen LogP contribution in [0.2, 0.25) is 5.02 Å². The van der Waals surface area contributed by atoms with Gasteiger partial charge >= 0.3 is 0 Å². The van der Waals surface area contributed by atoms with Crippen LogP contribution in [0.4, 0.5) is 4.39 Å². The first kappa shape index (κ1) is 14.8. The van der Waals surface area contributed by atoms with E-state index in [1.807, 2.05) is 0 Å². The van der Waals surface area contributed by atoms with E-state index in [0.717, 1.165) is 25.2 Å². The fourth-order valence-electron chi connectivity index (χ4n) is 2.71. The highest BCUT2D eigenvalue weighted by Gasteiger charge is 2.28. The molecule has 0 radical (unpaired) electrons. The zero-order valence-corrected chi connectivity index (χ0v) is 12.5. The maximum atomic E-state index is 13.1. The molecular formula is C15H22ClFN2. The first-order valence-corrected chi connectivity index (χ1v) is 7.26. The van der Waals surface area contributed by atoms with E-state index >= 15 is 0 Å². The van der Waals surface area contributed by atoms with Crippen molar-refractivity contribution in [3.05, 3.63) is 34.6 Å². The molecule has 2 rings (SSSR count). The predicted molar refractivity (Wildman–Crippen MR) is 77.9 cm³/mol. The van der Waals surface area contributed by atoms with E-state index < -0.39 is 0 Å². The van der Waals surface area contributed by atoms with Crippen molar-refractivity contribution in [1.82, 2.24) is 10.2 Å². The van der Waals surface area contributed by atoms with Crippen molar-refractivity contribution < 1.29 is 4.39 Å². The minimum atomic E-state index is -0.275. The minimum Gasteiger partial charge on any atom is -0.311 e. The Morgan fingerprint density at radius 2 is 2.21 bits per heavy atom. The molecule has 0 aromatic heterocycles. The van der Waals surface area contributed by atoms with Gasteiger partial charge in [0.25, 0.3) is 0 Å². The van der Waals surface area contributed by atoms with E-state index in [1.54, 1.807) is 6.07 Å². The molecule has 1 aliphatic heterocycles. The molecule has 4 heteroatoms. The van der Waals surface area contributed by atoms with Crippen molar-refractivity contribution in [1.29, 1.82) is 0 Å². The van der Waals surface area contributed by atoms with Gasteiger partial charge in [0.1, 0.15) is 5.82 Å². The first-order chi connectivity index (χ1) is 8.97. The number of nitrogens with one attached hydrogen (secondary N) is 1. The third kappa shape index (κ3) is 3.68. The van der Waals surface area contributed by atoms with Crippen LogP contribution in [-0.4, -0.2) is 30.1 Å². The van der Waals surface area contributed by atoms with Gasteiger partial charge in [-0.2, -0.15) is 0 Å². The molecule has 1 saturated heterocycles. The number of rotatable bonds is 3. The quantitative estimate of drug-likeness (QED) is 0.916. The predicted octanol–water partition coefficient (Wildman–Crippen LogP) is 3.30. The van der Waals surface area contributed by atoms with Crippen LogP contribution in [0.25, 0.3) is 0 Å². The van der Waals surface area contributed by atoms with Crippen molar-refractivity contribution in [2.75, 3.05) is 13.1 Å². The van der Waals surface area contributed by atoms with E-state index in [0.29, 0.717) is 23.0 Å². The Hall–Kier alpha value is -0.640. The Labute approximate surface area is 119 Å². The van der Waals surface area contributed by atoms with Crippen molar-refractivity contribution in [3.8, 4) is 0 Å². The van der Waals surface area contributed by atoms with Gasteiger partial charge in [0.15, 0.2) is 0 Å². The highest BCUT2D eigenvalue weighted by molar-refractivity contribution is 6.31. The summed E-state index contributed by atoms with van der Waals surface area (Å²) in [5, 5.41) is 4.04. The summed E-state index contributed by atoms with van der Waals surface area (Å²) in [6.07, 6.45) is 0. The molecule has 1 fully saturated rings. The maximum Gasteiger partial charge on any atom is 0.124 e. The lowest BCUT2D eigenvalue weighted by atomic mass is 9.98. The molecule has 2 nitrogen and oxygen atoms in total. The lowest BCUT2D eigenvalue weighted by molar-refractivity contribution is 0.0956. The second kappa shape index (κ2) is 6.21. The van der Waals surface area contributed by atoms with Crippen molar-refractivity contribution in [2.24, 2.45) is 5.92 Å². The second-order valence-electron chi connectivity index (χ2n) is 5.79. The summed E-state index contributed by atoms with van der Waals surface area (Å²) >= 11 is 6.13. The summed E-state index contributed by atoms with van der Waals surface area (Å²) in [6.45, 7) is 9.45. The fraction of sp³-hybridized carbons (Fsp3) is 0.600. The summed E-state index contributed by atoms with van der Waals surface area (Å²) in [6, 6.07) is 5.65. The zero-order valence-electron chi connectivity index (χ0n) is 11.8. The van der Waals surface area contributed by atoms with E-state index in [2.05, 4.69) is 31.0 Å². The molecule has 1 N–H and O–H groups in total. The minimum absolute atomic E-state index is 0.275. The lowest BCUT2D eigenvalue weighted by Gasteiger charge is -2.41. The van der Waals surface area contributed by atoms with Crippen LogP contribution < -0.4 is 5.32 Å². The van der Waals surface area contributed by atoms with Gasteiger partial charge in [-0.05, 0) is 30.5 Å². The number of hydrogen-bond donors (Lipinski definition) is 1. The molecule has 106 valence electrons. The summed E-state index contributed by atoms with van der Waals surface area (Å²) in [4.78, 5) is 2.45. The number of piperazine rings is 1. The molecule has 0 spiro atoms. The topological polar surface area (TPSA) is 15.3 Å². The standard InChI is InChI=1S/C15H22ClFN2/c1-10(2)15-7-18-11(3)8-19(15)9-12-4-5-13(17)6-14(12)16/h4-6,10-11,15,18H,7-9H2,1-3H3. The van der Waals surface area contributed by atoms with Crippen LogP contribution in [0.15, 0.2) is 18.2 Å². The SMILES string of the molecule is CC1CN(Cc2ccc(F)cc2Cl)C(C(C)C)CN1. The molecule has 0 bridgehead atoms. The third-order valence-corrected chi connectivity index (χ3v) is 4.16. The number of benzene rings is 1. The summed E-state index contributed by atoms with van der Waals surface area (Å²) in [5.74, 6) is 0.307. The van der Waals surface area contributed by atoms with Gasteiger partial charge in [-0.25, -0.2) is 4.39 Å². The molecule has 0 amide bonds. The van der Waals surface area contributed by atoms with Crippen LogP contribution in [0.3, 0.4) is 0 Å². The zero-order chi connectivity index (χ0) is 14.0. The monoisotopic (exact) mass is 284 g/mol. The first-order valence-electron chi connectivity index (χ1n) is 6.88. The van der Waals surface area contributed by atoms with Gasteiger partial charge in [0.05, 0.1) is 0 Å². The summed E-state index contributed by atoms with van der Waals surface area (Å²) < 4.78 is 13.1. The Morgan fingerprint density at radius 3 is 2.84 bits per heavy atom. The smallest absolute Gasteiger partial charge is 0.124 e. The van der Waals surface area contributed by atoms with E-state index in [1.165, 1.54) is 12.1 Å². The van der Waals surface area contributed by atoms with Gasteiger partial charge < -0.3 is 5.32 Å². The molecule has 2 unspecified atom stereocenters. The molecule has 0 aliphatic carbocycles. The highest BCUT2D eigenvalue weighted by Crippen LogP contribution is 2.23. The number of nitrogens with zero attached hydrogens (tertiary/aromatic N) is 1. The maximum absolute atomic E-state index is 13.1. The molecule has 1 heterocycles. The van der Waals surface area contributed by atoms with Gasteiger partial charge in [-0.1, -0.05) is 31.5 Å². The van der Waals surface area contributed by atoms with Crippen molar-refractivity contribution in [2.45, 2.75) is 39.4 Å². The molecule has 1 aromatic carbocycles. The third-order valence-electron chi connectivity index (χ3n) is 3.81. The van der Waals surface area contributed by atoms with Gasteiger partial charge in [-0.3, -0.25) is 4.90 Å². The summed E-state index contributed by atoms with van der Waals surface area (Å²) in [5.41, 5.74) is 1.00. The normalized spacial score (nSPS) is 24.9. The molecule has 1 aromatic rings. The van der Waals surface area contributed by atoms with Crippen LogP contribution in [-0.2, 0) is 6.54 Å². The van der Waals surface area contributed by atoms with Gasteiger partial charge in [0, 0.05) is 36.7 Å². The Kier molecular flexibility index (Phi) is 4.82.